The van der Waals surface area contributed by atoms with Gasteiger partial charge >= 0.3 is 6.18 Å². The first-order valence-corrected chi connectivity index (χ1v) is 8.09. The zero-order valence-electron chi connectivity index (χ0n) is 14.8. The van der Waals surface area contributed by atoms with E-state index in [1.165, 1.54) is 6.07 Å². The van der Waals surface area contributed by atoms with Gasteiger partial charge in [-0.1, -0.05) is 13.0 Å². The third-order valence-electron chi connectivity index (χ3n) is 3.30. The van der Waals surface area contributed by atoms with E-state index in [1.807, 2.05) is 6.92 Å². The van der Waals surface area contributed by atoms with Crippen molar-refractivity contribution in [3.8, 4) is 0 Å². The molecule has 3 N–H and O–H groups in total. The van der Waals surface area contributed by atoms with Gasteiger partial charge in [-0.2, -0.15) is 13.2 Å². The van der Waals surface area contributed by atoms with Gasteiger partial charge in [-0.15, -0.1) is 12.4 Å². The Bertz CT molecular complexity index is 627. The van der Waals surface area contributed by atoms with E-state index in [9.17, 15) is 22.8 Å². The number of carbonyl (C=O) groups is 2. The van der Waals surface area contributed by atoms with Crippen molar-refractivity contribution in [1.29, 1.82) is 5.41 Å². The lowest BCUT2D eigenvalue weighted by Crippen LogP contribution is -2.44. The molecular formula is C17H23ClF3N3O3. The molecule has 1 aromatic carbocycles. The summed E-state index contributed by atoms with van der Waals surface area (Å²) in [6.45, 7) is 2.30. The number of nitrogens with one attached hydrogen (secondary N) is 3. The Balaban J connectivity index is 0.00000676. The Morgan fingerprint density at radius 3 is 2.63 bits per heavy atom. The molecule has 0 aromatic heterocycles. The fraction of sp³-hybridized carbons (Fsp3) is 0.471. The molecule has 152 valence electrons. The van der Waals surface area contributed by atoms with Crippen LogP contribution in [0.5, 0.6) is 0 Å². The standard InChI is InChI=1S/C17H22F3N3O3.ClH/c1-2-8-26-11-14(6-7-21)23-15(24)10-22-16(25)12-4-3-5-13(9-12)17(18,19)20;/h3-5,7,9,14,21H,2,6,8,10-11H2,1H3,(H,22,25)(H,23,24);1H. The first kappa shape index (κ1) is 24.9. The Labute approximate surface area is 161 Å². The molecule has 0 aliphatic carbocycles. The highest BCUT2D eigenvalue weighted by Gasteiger charge is 2.30. The smallest absolute Gasteiger partial charge is 0.379 e. The second-order valence-corrected chi connectivity index (χ2v) is 5.54. The van der Waals surface area contributed by atoms with Crippen LogP contribution in [0.25, 0.3) is 0 Å². The van der Waals surface area contributed by atoms with Crippen LogP contribution >= 0.6 is 12.4 Å². The minimum Gasteiger partial charge on any atom is -0.379 e. The summed E-state index contributed by atoms with van der Waals surface area (Å²) in [6.07, 6.45) is -2.32. The molecule has 2 amide bonds. The van der Waals surface area contributed by atoms with Gasteiger partial charge in [0, 0.05) is 18.6 Å². The predicted molar refractivity (Wildman–Crippen MR) is 97.5 cm³/mol. The number of alkyl halides is 3. The largest absolute Gasteiger partial charge is 0.416 e. The molecule has 0 spiro atoms. The molecule has 1 aromatic rings. The zero-order valence-corrected chi connectivity index (χ0v) is 15.6. The summed E-state index contributed by atoms with van der Waals surface area (Å²) in [5, 5.41) is 12.0. The minimum absolute atomic E-state index is 0. The second kappa shape index (κ2) is 12.3. The molecule has 0 radical (unpaired) electrons. The molecule has 0 fully saturated rings. The summed E-state index contributed by atoms with van der Waals surface area (Å²) < 4.78 is 43.3. The Morgan fingerprint density at radius 1 is 1.33 bits per heavy atom. The van der Waals surface area contributed by atoms with Crippen LogP contribution in [-0.4, -0.2) is 43.8 Å². The summed E-state index contributed by atoms with van der Waals surface area (Å²) in [5.74, 6) is -1.30. The molecule has 1 rings (SSSR count). The summed E-state index contributed by atoms with van der Waals surface area (Å²) in [6, 6.07) is 3.55. The molecule has 0 saturated carbocycles. The highest BCUT2D eigenvalue weighted by atomic mass is 35.5. The number of halogens is 4. The van der Waals surface area contributed by atoms with Gasteiger partial charge in [0.05, 0.1) is 24.8 Å². The highest BCUT2D eigenvalue weighted by Crippen LogP contribution is 2.29. The Morgan fingerprint density at radius 2 is 2.04 bits per heavy atom. The maximum absolute atomic E-state index is 12.7. The normalized spacial score (nSPS) is 11.9. The summed E-state index contributed by atoms with van der Waals surface area (Å²) >= 11 is 0. The van der Waals surface area contributed by atoms with Gasteiger partial charge in [0.15, 0.2) is 0 Å². The molecule has 0 bridgehead atoms. The van der Waals surface area contributed by atoms with Gasteiger partial charge in [-0.05, 0) is 30.8 Å². The van der Waals surface area contributed by atoms with E-state index in [2.05, 4.69) is 10.6 Å². The fourth-order valence-corrected chi connectivity index (χ4v) is 2.06. The summed E-state index contributed by atoms with van der Waals surface area (Å²) in [4.78, 5) is 23.8. The van der Waals surface area contributed by atoms with Crippen molar-refractivity contribution in [2.45, 2.75) is 32.0 Å². The molecule has 27 heavy (non-hydrogen) atoms. The van der Waals surface area contributed by atoms with Crippen molar-refractivity contribution in [2.24, 2.45) is 0 Å². The predicted octanol–water partition coefficient (Wildman–Crippen LogP) is 2.81. The summed E-state index contributed by atoms with van der Waals surface area (Å²) in [5.41, 5.74) is -1.12. The fourth-order valence-electron chi connectivity index (χ4n) is 2.06. The average Bonchev–Trinajstić information content (AvgIpc) is 2.59. The second-order valence-electron chi connectivity index (χ2n) is 5.54. The van der Waals surface area contributed by atoms with Crippen molar-refractivity contribution < 1.29 is 27.5 Å². The third kappa shape index (κ3) is 9.39. The van der Waals surface area contributed by atoms with Gasteiger partial charge in [-0.3, -0.25) is 9.59 Å². The molecule has 0 saturated heterocycles. The first-order chi connectivity index (χ1) is 12.3. The number of hydrogen-bond donors (Lipinski definition) is 3. The van der Waals surface area contributed by atoms with E-state index in [0.29, 0.717) is 6.61 Å². The molecular weight excluding hydrogens is 387 g/mol. The van der Waals surface area contributed by atoms with Gasteiger partial charge in [0.25, 0.3) is 5.91 Å². The van der Waals surface area contributed by atoms with E-state index in [-0.39, 0.29) is 31.0 Å². The summed E-state index contributed by atoms with van der Waals surface area (Å²) in [7, 11) is 0. The topological polar surface area (TPSA) is 91.3 Å². The van der Waals surface area contributed by atoms with Crippen LogP contribution in [0.1, 0.15) is 35.7 Å². The van der Waals surface area contributed by atoms with Crippen LogP contribution in [-0.2, 0) is 15.7 Å². The van der Waals surface area contributed by atoms with Gasteiger partial charge in [0.2, 0.25) is 5.91 Å². The van der Waals surface area contributed by atoms with E-state index in [1.54, 1.807) is 0 Å². The number of benzene rings is 1. The van der Waals surface area contributed by atoms with Crippen molar-refractivity contribution >= 4 is 30.4 Å². The van der Waals surface area contributed by atoms with Gasteiger partial charge in [0.1, 0.15) is 0 Å². The first-order valence-electron chi connectivity index (χ1n) is 8.09. The number of ether oxygens (including phenoxy) is 1. The maximum Gasteiger partial charge on any atom is 0.416 e. The van der Waals surface area contributed by atoms with Crippen LogP contribution in [0.2, 0.25) is 0 Å². The number of hydrogen-bond acceptors (Lipinski definition) is 4. The quantitative estimate of drug-likeness (QED) is 0.410. The van der Waals surface area contributed by atoms with Crippen LogP contribution in [0.3, 0.4) is 0 Å². The lowest BCUT2D eigenvalue weighted by molar-refractivity contribution is -0.137. The minimum atomic E-state index is -4.55. The SMILES string of the molecule is CCCOCC(CC=N)NC(=O)CNC(=O)c1cccc(C(F)(F)F)c1.Cl. The monoisotopic (exact) mass is 409 g/mol. The molecule has 0 heterocycles. The average molecular weight is 410 g/mol. The molecule has 0 aliphatic heterocycles. The van der Waals surface area contributed by atoms with E-state index >= 15 is 0 Å². The van der Waals surface area contributed by atoms with E-state index in [0.717, 1.165) is 30.8 Å². The van der Waals surface area contributed by atoms with Crippen LogP contribution in [0.15, 0.2) is 24.3 Å². The van der Waals surface area contributed by atoms with Gasteiger partial charge < -0.3 is 20.8 Å². The van der Waals surface area contributed by atoms with Crippen molar-refractivity contribution in [3.05, 3.63) is 35.4 Å². The van der Waals surface area contributed by atoms with Crippen LogP contribution in [0.4, 0.5) is 13.2 Å². The number of rotatable bonds is 10. The third-order valence-corrected chi connectivity index (χ3v) is 3.30. The van der Waals surface area contributed by atoms with Crippen molar-refractivity contribution in [1.82, 2.24) is 10.6 Å². The Kier molecular flexibility index (Phi) is 11.3. The molecule has 1 unspecified atom stereocenters. The molecule has 10 heteroatoms. The van der Waals surface area contributed by atoms with E-state index in [4.69, 9.17) is 10.1 Å². The zero-order chi connectivity index (χ0) is 19.6. The number of carbonyl (C=O) groups excluding carboxylic acids is 2. The van der Waals surface area contributed by atoms with Crippen LogP contribution in [0, 0.1) is 5.41 Å². The van der Waals surface area contributed by atoms with Crippen molar-refractivity contribution in [3.63, 3.8) is 0 Å². The highest BCUT2D eigenvalue weighted by molar-refractivity contribution is 5.96. The maximum atomic E-state index is 12.7. The molecule has 1 atom stereocenters. The van der Waals surface area contributed by atoms with E-state index < -0.39 is 36.1 Å². The lowest BCUT2D eigenvalue weighted by Gasteiger charge is -2.17. The molecule has 6 nitrogen and oxygen atoms in total. The molecule has 0 aliphatic rings. The Hall–Kier alpha value is -2.13. The van der Waals surface area contributed by atoms with Gasteiger partial charge in [-0.25, -0.2) is 0 Å². The lowest BCUT2D eigenvalue weighted by atomic mass is 10.1. The number of amides is 2. The van der Waals surface area contributed by atoms with Crippen molar-refractivity contribution in [2.75, 3.05) is 19.8 Å². The van der Waals surface area contributed by atoms with Crippen LogP contribution < -0.4 is 10.6 Å².